The molecular formula is C22H18N4O2. The number of hydrogen-bond donors (Lipinski definition) is 2. The minimum Gasteiger partial charge on any atom is -0.326 e. The number of rotatable bonds is 4. The summed E-state index contributed by atoms with van der Waals surface area (Å²) in [5.41, 5.74) is 4.50. The molecule has 2 aromatic carbocycles. The molecule has 6 nitrogen and oxygen atoms in total. The lowest BCUT2D eigenvalue weighted by atomic mass is 10.2. The zero-order valence-corrected chi connectivity index (χ0v) is 15.2. The van der Waals surface area contributed by atoms with E-state index in [1.807, 2.05) is 47.0 Å². The number of imidazole rings is 1. The molecule has 0 aliphatic carbocycles. The van der Waals surface area contributed by atoms with Crippen molar-refractivity contribution in [2.75, 3.05) is 10.6 Å². The Bertz CT molecular complexity index is 1150. The van der Waals surface area contributed by atoms with Crippen LogP contribution in [-0.4, -0.2) is 21.2 Å². The fraction of sp³-hybridized carbons (Fsp3) is 0.0455. The van der Waals surface area contributed by atoms with Crippen LogP contribution in [0.15, 0.2) is 79.1 Å². The van der Waals surface area contributed by atoms with Crippen LogP contribution < -0.4 is 10.6 Å². The average Bonchev–Trinajstić information content (AvgIpc) is 3.13. The van der Waals surface area contributed by atoms with Crippen LogP contribution in [0.4, 0.5) is 11.4 Å². The van der Waals surface area contributed by atoms with Gasteiger partial charge < -0.3 is 15.0 Å². The molecule has 0 aliphatic heterocycles. The topological polar surface area (TPSA) is 75.5 Å². The Morgan fingerprint density at radius 2 is 1.50 bits per heavy atom. The molecule has 0 spiro atoms. The van der Waals surface area contributed by atoms with Crippen molar-refractivity contribution in [2.45, 2.75) is 6.92 Å². The van der Waals surface area contributed by atoms with Crippen LogP contribution >= 0.6 is 0 Å². The minimum atomic E-state index is -0.218. The van der Waals surface area contributed by atoms with Crippen molar-refractivity contribution in [1.29, 1.82) is 0 Å². The van der Waals surface area contributed by atoms with Gasteiger partial charge in [0.05, 0.1) is 11.3 Å². The number of nitrogens with zero attached hydrogens (tertiary/aromatic N) is 2. The zero-order valence-electron chi connectivity index (χ0n) is 15.2. The molecule has 4 aromatic rings. The highest BCUT2D eigenvalue weighted by Gasteiger charge is 2.10. The predicted molar refractivity (Wildman–Crippen MR) is 109 cm³/mol. The number of fused-ring (bicyclic) bond motifs is 1. The molecule has 0 aliphatic rings. The van der Waals surface area contributed by atoms with Crippen molar-refractivity contribution in [2.24, 2.45) is 0 Å². The second-order valence-corrected chi connectivity index (χ2v) is 6.39. The number of pyridine rings is 1. The smallest absolute Gasteiger partial charge is 0.257 e. The molecule has 0 atom stereocenters. The van der Waals surface area contributed by atoms with E-state index in [2.05, 4.69) is 15.6 Å². The average molecular weight is 370 g/mol. The van der Waals surface area contributed by atoms with Gasteiger partial charge in [-0.1, -0.05) is 30.3 Å². The SMILES string of the molecule is CC(=O)Nc1ccc(NC(=O)c2ccc3nc(-c4ccccc4)cn3c2)cc1. The molecule has 6 heteroatoms. The van der Waals surface area contributed by atoms with E-state index in [0.29, 0.717) is 16.9 Å². The first kappa shape index (κ1) is 17.5. The number of anilines is 2. The van der Waals surface area contributed by atoms with E-state index in [-0.39, 0.29) is 11.8 Å². The largest absolute Gasteiger partial charge is 0.326 e. The standard InChI is InChI=1S/C22H18N4O2/c1-15(27)23-18-8-10-19(11-9-18)24-22(28)17-7-12-21-25-20(14-26(21)13-17)16-5-3-2-4-6-16/h2-14H,1H3,(H,23,27)(H,24,28). The molecule has 2 aromatic heterocycles. The molecule has 0 saturated heterocycles. The van der Waals surface area contributed by atoms with Gasteiger partial charge in [0.1, 0.15) is 5.65 Å². The summed E-state index contributed by atoms with van der Waals surface area (Å²) in [4.78, 5) is 28.3. The second-order valence-electron chi connectivity index (χ2n) is 6.39. The molecule has 0 radical (unpaired) electrons. The van der Waals surface area contributed by atoms with Crippen LogP contribution in [0.1, 0.15) is 17.3 Å². The molecule has 0 bridgehead atoms. The van der Waals surface area contributed by atoms with Gasteiger partial charge in [-0.15, -0.1) is 0 Å². The normalized spacial score (nSPS) is 10.6. The molecule has 2 heterocycles. The molecule has 0 saturated carbocycles. The van der Waals surface area contributed by atoms with Crippen LogP contribution in [0.3, 0.4) is 0 Å². The molecule has 2 amide bonds. The van der Waals surface area contributed by atoms with Crippen LogP contribution in [0, 0.1) is 0 Å². The highest BCUT2D eigenvalue weighted by Crippen LogP contribution is 2.20. The first-order valence-corrected chi connectivity index (χ1v) is 8.82. The Labute approximate surface area is 161 Å². The number of aromatic nitrogens is 2. The van der Waals surface area contributed by atoms with Gasteiger partial charge in [0.2, 0.25) is 5.91 Å². The molecule has 2 N–H and O–H groups in total. The van der Waals surface area contributed by atoms with Crippen molar-refractivity contribution < 1.29 is 9.59 Å². The van der Waals surface area contributed by atoms with E-state index in [9.17, 15) is 9.59 Å². The van der Waals surface area contributed by atoms with Crippen LogP contribution in [0.2, 0.25) is 0 Å². The van der Waals surface area contributed by atoms with E-state index in [0.717, 1.165) is 16.9 Å². The number of carbonyl (C=O) groups excluding carboxylic acids is 2. The van der Waals surface area contributed by atoms with E-state index >= 15 is 0 Å². The lowest BCUT2D eigenvalue weighted by molar-refractivity contribution is -0.114. The third-order valence-corrected chi connectivity index (χ3v) is 4.25. The summed E-state index contributed by atoms with van der Waals surface area (Å²) in [6.07, 6.45) is 3.67. The number of nitrogens with one attached hydrogen (secondary N) is 2. The number of amides is 2. The van der Waals surface area contributed by atoms with Gasteiger partial charge in [-0.25, -0.2) is 4.98 Å². The number of benzene rings is 2. The Morgan fingerprint density at radius 3 is 2.18 bits per heavy atom. The van der Waals surface area contributed by atoms with Crippen LogP contribution in [0.25, 0.3) is 16.9 Å². The monoisotopic (exact) mass is 370 g/mol. The van der Waals surface area contributed by atoms with Crippen molar-refractivity contribution in [3.63, 3.8) is 0 Å². The maximum Gasteiger partial charge on any atom is 0.257 e. The quantitative estimate of drug-likeness (QED) is 0.565. The molecule has 138 valence electrons. The summed E-state index contributed by atoms with van der Waals surface area (Å²) in [5, 5.41) is 5.55. The van der Waals surface area contributed by atoms with Crippen molar-refractivity contribution >= 4 is 28.8 Å². The fourth-order valence-corrected chi connectivity index (χ4v) is 2.92. The summed E-state index contributed by atoms with van der Waals surface area (Å²) in [5.74, 6) is -0.357. The second kappa shape index (κ2) is 7.36. The molecule has 0 fully saturated rings. The van der Waals surface area contributed by atoms with Gasteiger partial charge in [-0.3, -0.25) is 9.59 Å². The summed E-state index contributed by atoms with van der Waals surface area (Å²) in [6.45, 7) is 1.45. The molecular weight excluding hydrogens is 352 g/mol. The minimum absolute atomic E-state index is 0.139. The molecule has 0 unspecified atom stereocenters. The van der Waals surface area contributed by atoms with Gasteiger partial charge in [0.25, 0.3) is 5.91 Å². The summed E-state index contributed by atoms with van der Waals surface area (Å²) in [6, 6.07) is 20.4. The van der Waals surface area contributed by atoms with E-state index in [1.165, 1.54) is 6.92 Å². The maximum absolute atomic E-state index is 12.6. The summed E-state index contributed by atoms with van der Waals surface area (Å²) in [7, 11) is 0. The Morgan fingerprint density at radius 1 is 0.821 bits per heavy atom. The zero-order chi connectivity index (χ0) is 19.5. The third-order valence-electron chi connectivity index (χ3n) is 4.25. The fourth-order valence-electron chi connectivity index (χ4n) is 2.92. The van der Waals surface area contributed by atoms with Crippen molar-refractivity contribution in [3.05, 3.63) is 84.7 Å². The van der Waals surface area contributed by atoms with E-state index < -0.39 is 0 Å². The highest BCUT2D eigenvalue weighted by atomic mass is 16.2. The van der Waals surface area contributed by atoms with Gasteiger partial charge in [-0.2, -0.15) is 0 Å². The van der Waals surface area contributed by atoms with Crippen molar-refractivity contribution in [3.8, 4) is 11.3 Å². The number of carbonyl (C=O) groups is 2. The molecule has 4 rings (SSSR count). The Balaban J connectivity index is 1.53. The predicted octanol–water partition coefficient (Wildman–Crippen LogP) is 4.21. The maximum atomic E-state index is 12.6. The Hall–Kier alpha value is -3.93. The van der Waals surface area contributed by atoms with Crippen LogP contribution in [-0.2, 0) is 4.79 Å². The highest BCUT2D eigenvalue weighted by molar-refractivity contribution is 6.04. The lowest BCUT2D eigenvalue weighted by Crippen LogP contribution is -2.12. The van der Waals surface area contributed by atoms with E-state index in [1.54, 1.807) is 36.5 Å². The number of hydrogen-bond acceptors (Lipinski definition) is 3. The van der Waals surface area contributed by atoms with Gasteiger partial charge >= 0.3 is 0 Å². The van der Waals surface area contributed by atoms with Gasteiger partial charge in [-0.05, 0) is 36.4 Å². The third kappa shape index (κ3) is 3.76. The van der Waals surface area contributed by atoms with Crippen molar-refractivity contribution in [1.82, 2.24) is 9.38 Å². The first-order valence-electron chi connectivity index (χ1n) is 8.82. The van der Waals surface area contributed by atoms with E-state index in [4.69, 9.17) is 0 Å². The van der Waals surface area contributed by atoms with Gasteiger partial charge in [0.15, 0.2) is 0 Å². The van der Waals surface area contributed by atoms with Crippen LogP contribution in [0.5, 0.6) is 0 Å². The Kier molecular flexibility index (Phi) is 4.60. The first-order chi connectivity index (χ1) is 13.6. The molecule has 28 heavy (non-hydrogen) atoms. The lowest BCUT2D eigenvalue weighted by Gasteiger charge is -2.07. The summed E-state index contributed by atoms with van der Waals surface area (Å²) < 4.78 is 1.84. The summed E-state index contributed by atoms with van der Waals surface area (Å²) >= 11 is 0. The van der Waals surface area contributed by atoms with Gasteiger partial charge in [0, 0.05) is 36.3 Å².